The highest BCUT2D eigenvalue weighted by Crippen LogP contribution is 2.34. The molecule has 0 radical (unpaired) electrons. The first-order valence-electron chi connectivity index (χ1n) is 28.7. The van der Waals surface area contributed by atoms with Crippen molar-refractivity contribution in [2.45, 2.75) is 230 Å². The van der Waals surface area contributed by atoms with Crippen LogP contribution >= 0.6 is 23.4 Å². The molecule has 404 valence electrons. The number of H-pyrrole nitrogens is 1. The average Bonchev–Trinajstić information content (AvgIpc) is 3.66. The average molecular weight is 1050 g/mol. The fourth-order valence-corrected chi connectivity index (χ4v) is 11.1. The molecule has 1 heterocycles. The number of nitrogens with one attached hydrogen (secondary N) is 4. The second-order valence-corrected chi connectivity index (χ2v) is 22.0. The van der Waals surface area contributed by atoms with E-state index in [0.29, 0.717) is 28.4 Å². The normalized spacial score (nSPS) is 11.7. The second-order valence-electron chi connectivity index (χ2n) is 20.5. The molecule has 0 aliphatic rings. The molecule has 0 bridgehead atoms. The van der Waals surface area contributed by atoms with Gasteiger partial charge in [-0.3, -0.25) is 19.5 Å². The summed E-state index contributed by atoms with van der Waals surface area (Å²) in [6.45, 7) is 10.5. The summed E-state index contributed by atoms with van der Waals surface area (Å²) in [5.41, 5.74) is 4.99. The van der Waals surface area contributed by atoms with Crippen LogP contribution in [0.2, 0.25) is 5.02 Å². The Kier molecular flexibility index (Phi) is 28.0. The van der Waals surface area contributed by atoms with E-state index in [-0.39, 0.29) is 28.4 Å². The number of rotatable bonds is 38. The summed E-state index contributed by atoms with van der Waals surface area (Å²) in [5.74, 6) is 0.634. The number of aromatic amines is 1. The van der Waals surface area contributed by atoms with E-state index in [1.807, 2.05) is 68.4 Å². The quantitative estimate of drug-likeness (QED) is 0.0231. The molecule has 0 saturated carbocycles. The van der Waals surface area contributed by atoms with Gasteiger partial charge in [-0.05, 0) is 104 Å². The van der Waals surface area contributed by atoms with Crippen molar-refractivity contribution in [2.24, 2.45) is 0 Å². The summed E-state index contributed by atoms with van der Waals surface area (Å²) >= 11 is 8.01. The Morgan fingerprint density at radius 3 is 1.84 bits per heavy atom. The third-order valence-corrected chi connectivity index (χ3v) is 15.2. The Balaban J connectivity index is 1.18. The van der Waals surface area contributed by atoms with Crippen LogP contribution in [-0.2, 0) is 11.2 Å². The zero-order valence-corrected chi connectivity index (χ0v) is 47.4. The maximum absolute atomic E-state index is 14.4. The molecule has 4 aromatic carbocycles. The summed E-state index contributed by atoms with van der Waals surface area (Å²) in [4.78, 5) is 42.6. The molecule has 11 heteroatoms. The Morgan fingerprint density at radius 1 is 0.635 bits per heavy atom. The Morgan fingerprint density at radius 2 is 1.22 bits per heavy atom. The van der Waals surface area contributed by atoms with Gasteiger partial charge < -0.3 is 20.7 Å². The standard InChI is InChI=1S/C63H90ClN5O4S/c1-6-9-11-13-15-17-19-20-22-23-25-27-29-35-50-36-31-40-54(45-50)73-58(34-8-3)66-52-38-32-37-51(46-52)62(71)67-61-60(63(72)69(68-61)59-49(5)43-48(4)44-56(59)64)74-55-41-33-39-53(47-55)65-57(70)42-30-28-26-24-21-18-16-14-12-10-7-2/h31-33,36-41,43-47,58,66,68H,6-30,34-35,42H2,1-5H3,(H,65,70)(H,67,71). The smallest absolute Gasteiger partial charge is 0.287 e. The zero-order chi connectivity index (χ0) is 52.8. The van der Waals surface area contributed by atoms with Crippen molar-refractivity contribution in [1.82, 2.24) is 9.78 Å². The molecule has 1 unspecified atom stereocenters. The molecule has 2 amide bonds. The van der Waals surface area contributed by atoms with Crippen molar-refractivity contribution in [3.63, 3.8) is 0 Å². The first kappa shape index (κ1) is 59.9. The van der Waals surface area contributed by atoms with Crippen LogP contribution in [0.15, 0.2) is 99.5 Å². The molecule has 0 spiro atoms. The van der Waals surface area contributed by atoms with E-state index in [2.05, 4.69) is 60.0 Å². The van der Waals surface area contributed by atoms with Gasteiger partial charge in [-0.2, -0.15) is 0 Å². The van der Waals surface area contributed by atoms with Crippen LogP contribution in [0, 0.1) is 13.8 Å². The monoisotopic (exact) mass is 1050 g/mol. The molecule has 1 aromatic heterocycles. The largest absolute Gasteiger partial charge is 0.471 e. The van der Waals surface area contributed by atoms with Gasteiger partial charge in [0.2, 0.25) is 5.91 Å². The van der Waals surface area contributed by atoms with Crippen LogP contribution in [-0.4, -0.2) is 27.8 Å². The van der Waals surface area contributed by atoms with Gasteiger partial charge in [-0.25, -0.2) is 4.68 Å². The van der Waals surface area contributed by atoms with E-state index in [9.17, 15) is 14.4 Å². The summed E-state index contributed by atoms with van der Waals surface area (Å²) in [7, 11) is 0. The minimum atomic E-state index is -0.395. The first-order chi connectivity index (χ1) is 36.1. The number of amides is 2. The molecule has 5 rings (SSSR count). The van der Waals surface area contributed by atoms with E-state index in [1.165, 1.54) is 157 Å². The lowest BCUT2D eigenvalue weighted by Crippen LogP contribution is -2.26. The number of aromatic nitrogens is 2. The van der Waals surface area contributed by atoms with E-state index in [0.717, 1.165) is 66.0 Å². The highest BCUT2D eigenvalue weighted by molar-refractivity contribution is 7.99. The van der Waals surface area contributed by atoms with Crippen molar-refractivity contribution in [1.29, 1.82) is 0 Å². The Labute approximate surface area is 454 Å². The molecule has 5 aromatic rings. The number of halogens is 1. The van der Waals surface area contributed by atoms with E-state index < -0.39 is 5.91 Å². The van der Waals surface area contributed by atoms with Gasteiger partial charge in [0.05, 0.1) is 10.7 Å². The van der Waals surface area contributed by atoms with E-state index >= 15 is 0 Å². The zero-order valence-electron chi connectivity index (χ0n) is 45.8. The van der Waals surface area contributed by atoms with E-state index in [1.54, 1.807) is 12.1 Å². The van der Waals surface area contributed by atoms with Crippen molar-refractivity contribution in [3.05, 3.63) is 123 Å². The fraction of sp³-hybridized carbons (Fsp3) is 0.540. The van der Waals surface area contributed by atoms with Gasteiger partial charge in [-0.15, -0.1) is 0 Å². The van der Waals surface area contributed by atoms with Crippen LogP contribution in [0.4, 0.5) is 17.2 Å². The number of hydrogen-bond acceptors (Lipinski definition) is 6. The number of carbonyl (C=O) groups is 2. The fourth-order valence-electron chi connectivity index (χ4n) is 9.71. The lowest BCUT2D eigenvalue weighted by Gasteiger charge is -2.22. The number of aryl methyl sites for hydroxylation is 3. The predicted molar refractivity (Wildman–Crippen MR) is 314 cm³/mol. The lowest BCUT2D eigenvalue weighted by molar-refractivity contribution is -0.116. The Hall–Kier alpha value is -4.93. The number of carbonyl (C=O) groups excluding carboxylic acids is 2. The lowest BCUT2D eigenvalue weighted by atomic mass is 10.0. The number of unbranched alkanes of at least 4 members (excludes halogenated alkanes) is 22. The number of nitrogens with zero attached hydrogens (tertiary/aromatic N) is 1. The molecule has 1 atom stereocenters. The minimum absolute atomic E-state index is 0.0292. The number of anilines is 3. The van der Waals surface area contributed by atoms with Crippen LogP contribution in [0.5, 0.6) is 5.75 Å². The summed E-state index contributed by atoms with van der Waals surface area (Å²) in [5, 5.41) is 13.2. The van der Waals surface area contributed by atoms with Gasteiger partial charge in [0.15, 0.2) is 6.23 Å². The van der Waals surface area contributed by atoms with Crippen LogP contribution in [0.1, 0.15) is 221 Å². The van der Waals surface area contributed by atoms with Crippen molar-refractivity contribution >= 4 is 52.4 Å². The summed E-state index contributed by atoms with van der Waals surface area (Å²) in [6.07, 6.45) is 33.8. The van der Waals surface area contributed by atoms with Crippen LogP contribution in [0.25, 0.3) is 5.69 Å². The van der Waals surface area contributed by atoms with Crippen molar-refractivity contribution in [3.8, 4) is 11.4 Å². The molecule has 4 N–H and O–H groups in total. The maximum atomic E-state index is 14.4. The second kappa shape index (κ2) is 34.6. The molecular formula is C63H90ClN5O4S. The number of benzene rings is 4. The third kappa shape index (κ3) is 21.7. The topological polar surface area (TPSA) is 117 Å². The van der Waals surface area contributed by atoms with Gasteiger partial charge in [0, 0.05) is 34.7 Å². The van der Waals surface area contributed by atoms with E-state index in [4.69, 9.17) is 16.3 Å². The van der Waals surface area contributed by atoms with Gasteiger partial charge in [0.1, 0.15) is 16.5 Å². The molecule has 9 nitrogen and oxygen atoms in total. The maximum Gasteiger partial charge on any atom is 0.287 e. The highest BCUT2D eigenvalue weighted by atomic mass is 35.5. The van der Waals surface area contributed by atoms with Gasteiger partial charge in [0.25, 0.3) is 11.5 Å². The first-order valence-corrected chi connectivity index (χ1v) is 29.9. The molecule has 74 heavy (non-hydrogen) atoms. The van der Waals surface area contributed by atoms with Crippen LogP contribution < -0.4 is 26.2 Å². The highest BCUT2D eigenvalue weighted by Gasteiger charge is 2.23. The van der Waals surface area contributed by atoms with Crippen LogP contribution in [0.3, 0.4) is 0 Å². The Bertz CT molecular complexity index is 2460. The van der Waals surface area contributed by atoms with Gasteiger partial charge >= 0.3 is 0 Å². The SMILES string of the molecule is CCCCCCCCCCCCCCCc1cccc(OC(CCC)Nc2cccc(C(=O)Nc3[nH]n(-c4c(C)cc(C)cc4Cl)c(=O)c3Sc3cccc(NC(=O)CCCCCCCCCCCCC)c3)c2)c1. The van der Waals surface area contributed by atoms with Crippen molar-refractivity contribution < 1.29 is 14.3 Å². The molecular weight excluding hydrogens is 958 g/mol. The molecule has 0 aliphatic heterocycles. The predicted octanol–water partition coefficient (Wildman–Crippen LogP) is 18.7. The van der Waals surface area contributed by atoms with Gasteiger partial charge in [-0.1, -0.05) is 222 Å². The van der Waals surface area contributed by atoms with Crippen molar-refractivity contribution in [2.75, 3.05) is 16.0 Å². The number of ether oxygens (including phenoxy) is 1. The molecule has 0 fully saturated rings. The number of hydrogen-bond donors (Lipinski definition) is 4. The third-order valence-electron chi connectivity index (χ3n) is 13.8. The minimum Gasteiger partial charge on any atom is -0.471 e. The summed E-state index contributed by atoms with van der Waals surface area (Å²) < 4.78 is 7.95. The molecule has 0 aliphatic carbocycles. The molecule has 0 saturated heterocycles. The summed E-state index contributed by atoms with van der Waals surface area (Å²) in [6, 6.07) is 27.0.